The molecule has 0 aromatic heterocycles. The van der Waals surface area contributed by atoms with Gasteiger partial charge in [-0.25, -0.2) is 0 Å². The average molecular weight is 310 g/mol. The van der Waals surface area contributed by atoms with Crippen molar-refractivity contribution in [1.29, 1.82) is 0 Å². The molecule has 0 aliphatic carbocycles. The summed E-state index contributed by atoms with van der Waals surface area (Å²) in [7, 11) is 0. The molecule has 1 heterocycles. The van der Waals surface area contributed by atoms with E-state index in [1.54, 1.807) is 0 Å². The lowest BCUT2D eigenvalue weighted by Crippen LogP contribution is -2.68. The highest BCUT2D eigenvalue weighted by atomic mass is 16.6. The summed E-state index contributed by atoms with van der Waals surface area (Å²) in [6.07, 6.45) is -4.17. The Kier molecular flexibility index (Phi) is 7.99. The van der Waals surface area contributed by atoms with Gasteiger partial charge in [-0.05, 0) is 6.42 Å². The summed E-state index contributed by atoms with van der Waals surface area (Å²) >= 11 is 0. The van der Waals surface area contributed by atoms with E-state index in [1.807, 2.05) is 6.92 Å². The van der Waals surface area contributed by atoms with Gasteiger partial charge in [0.25, 0.3) is 0 Å². The van der Waals surface area contributed by atoms with Crippen LogP contribution in [0.2, 0.25) is 0 Å². The van der Waals surface area contributed by atoms with E-state index in [-0.39, 0.29) is 6.61 Å². The molecule has 21 heavy (non-hydrogen) atoms. The number of hydrogen-bond donors (Lipinski definition) is 5. The third kappa shape index (κ3) is 4.83. The summed E-state index contributed by atoms with van der Waals surface area (Å²) in [6.45, 7) is 2.15. The van der Waals surface area contributed by atoms with E-state index < -0.39 is 43.4 Å². The molecule has 8 nitrogen and oxygen atoms in total. The molecule has 0 bridgehead atoms. The van der Waals surface area contributed by atoms with Gasteiger partial charge in [-0.2, -0.15) is 0 Å². The van der Waals surface area contributed by atoms with E-state index in [9.17, 15) is 20.4 Å². The van der Waals surface area contributed by atoms with E-state index in [0.717, 1.165) is 12.8 Å². The second kappa shape index (κ2) is 8.96. The Labute approximate surface area is 123 Å². The third-order valence-corrected chi connectivity index (χ3v) is 3.48. The van der Waals surface area contributed by atoms with Crippen LogP contribution in [0, 0.1) is 0 Å². The maximum atomic E-state index is 10.2. The first-order valence-electron chi connectivity index (χ1n) is 7.15. The average Bonchev–Trinajstić information content (AvgIpc) is 2.48. The molecule has 126 valence electrons. The van der Waals surface area contributed by atoms with E-state index in [2.05, 4.69) is 0 Å². The van der Waals surface area contributed by atoms with Gasteiger partial charge in [0.05, 0.1) is 26.4 Å². The number of unbranched alkanes of at least 4 members (excludes halogenated alkanes) is 1. The van der Waals surface area contributed by atoms with E-state index in [1.165, 1.54) is 0 Å². The van der Waals surface area contributed by atoms with Crippen molar-refractivity contribution in [2.24, 2.45) is 0 Å². The molecule has 1 fully saturated rings. The number of aliphatic hydroxyl groups excluding tert-OH is 4. The lowest BCUT2D eigenvalue weighted by atomic mass is 9.87. The highest BCUT2D eigenvalue weighted by molar-refractivity contribution is 5.00. The summed E-state index contributed by atoms with van der Waals surface area (Å²) in [5.74, 6) is 0. The number of ether oxygens (including phenoxy) is 3. The van der Waals surface area contributed by atoms with Gasteiger partial charge in [-0.15, -0.1) is 0 Å². The predicted molar refractivity (Wildman–Crippen MR) is 71.5 cm³/mol. The second-order valence-electron chi connectivity index (χ2n) is 5.15. The van der Waals surface area contributed by atoms with Crippen molar-refractivity contribution in [3.63, 3.8) is 0 Å². The standard InChI is InChI=1S/C13H26O8/c1-2-3-4-19-5-6-20-8-13(18)11(16)10(15)9(7-14)21-12(13)17/h9-12,14-18H,2-8H2,1H3/t9-,10-,11+,12?,13+/m1/s1. The Morgan fingerprint density at radius 2 is 1.76 bits per heavy atom. The molecule has 0 spiro atoms. The van der Waals surface area contributed by atoms with Crippen LogP contribution in [0.4, 0.5) is 0 Å². The molecule has 1 aliphatic rings. The summed E-state index contributed by atoms with van der Waals surface area (Å²) < 4.78 is 15.3. The Balaban J connectivity index is 2.37. The van der Waals surface area contributed by atoms with Crippen LogP contribution >= 0.6 is 0 Å². The first-order chi connectivity index (χ1) is 9.97. The topological polar surface area (TPSA) is 129 Å². The molecule has 0 amide bonds. The van der Waals surface area contributed by atoms with Crippen molar-refractivity contribution in [2.75, 3.05) is 33.0 Å². The molecule has 8 heteroatoms. The Hall–Kier alpha value is -0.320. The SMILES string of the molecule is CCCCOCCOC[C@@]1(O)C(O)O[C@H](CO)[C@@H](O)[C@@H]1O. The molecule has 0 aromatic rings. The zero-order valence-electron chi connectivity index (χ0n) is 12.2. The quantitative estimate of drug-likeness (QED) is 0.309. The zero-order valence-corrected chi connectivity index (χ0v) is 12.2. The molecule has 1 unspecified atom stereocenters. The van der Waals surface area contributed by atoms with Gasteiger partial charge in [-0.1, -0.05) is 13.3 Å². The van der Waals surface area contributed by atoms with Crippen molar-refractivity contribution in [3.05, 3.63) is 0 Å². The Bertz CT molecular complexity index is 289. The van der Waals surface area contributed by atoms with E-state index in [0.29, 0.717) is 13.2 Å². The maximum absolute atomic E-state index is 10.2. The van der Waals surface area contributed by atoms with Crippen LogP contribution in [0.15, 0.2) is 0 Å². The highest BCUT2D eigenvalue weighted by Crippen LogP contribution is 2.29. The molecular weight excluding hydrogens is 284 g/mol. The van der Waals surface area contributed by atoms with Gasteiger partial charge in [0.15, 0.2) is 11.9 Å². The summed E-state index contributed by atoms with van der Waals surface area (Å²) in [5.41, 5.74) is -2.16. The fourth-order valence-corrected chi connectivity index (χ4v) is 2.02. The largest absolute Gasteiger partial charge is 0.394 e. The third-order valence-electron chi connectivity index (χ3n) is 3.48. The molecule has 1 aliphatic heterocycles. The van der Waals surface area contributed by atoms with Gasteiger partial charge in [0.1, 0.15) is 18.3 Å². The minimum Gasteiger partial charge on any atom is -0.394 e. The zero-order chi connectivity index (χ0) is 15.9. The van der Waals surface area contributed by atoms with Crippen LogP contribution in [0.25, 0.3) is 0 Å². The van der Waals surface area contributed by atoms with Crippen LogP contribution in [-0.4, -0.2) is 88.8 Å². The Morgan fingerprint density at radius 1 is 1.10 bits per heavy atom. The van der Waals surface area contributed by atoms with E-state index >= 15 is 0 Å². The number of rotatable bonds is 9. The van der Waals surface area contributed by atoms with E-state index in [4.69, 9.17) is 19.3 Å². The van der Waals surface area contributed by atoms with Crippen LogP contribution in [-0.2, 0) is 14.2 Å². The number of hydrogen-bond acceptors (Lipinski definition) is 8. The molecule has 0 saturated carbocycles. The Morgan fingerprint density at radius 3 is 2.38 bits per heavy atom. The van der Waals surface area contributed by atoms with Crippen LogP contribution in [0.3, 0.4) is 0 Å². The first kappa shape index (κ1) is 18.7. The molecule has 1 rings (SSSR count). The fraction of sp³-hybridized carbons (Fsp3) is 1.00. The molecule has 5 atom stereocenters. The van der Waals surface area contributed by atoms with Gasteiger partial charge in [0.2, 0.25) is 0 Å². The lowest BCUT2D eigenvalue weighted by molar-refractivity contribution is -0.338. The van der Waals surface area contributed by atoms with Crippen LogP contribution in [0.5, 0.6) is 0 Å². The predicted octanol–water partition coefficient (Wildman–Crippen LogP) is -2.02. The molecule has 5 N–H and O–H groups in total. The van der Waals surface area contributed by atoms with Gasteiger partial charge >= 0.3 is 0 Å². The van der Waals surface area contributed by atoms with Gasteiger partial charge < -0.3 is 39.7 Å². The van der Waals surface area contributed by atoms with Crippen molar-refractivity contribution >= 4 is 0 Å². The van der Waals surface area contributed by atoms with Crippen molar-refractivity contribution in [2.45, 2.75) is 50.0 Å². The van der Waals surface area contributed by atoms with Crippen molar-refractivity contribution in [1.82, 2.24) is 0 Å². The minimum atomic E-state index is -2.16. The monoisotopic (exact) mass is 310 g/mol. The lowest BCUT2D eigenvalue weighted by Gasteiger charge is -2.45. The first-order valence-corrected chi connectivity index (χ1v) is 7.15. The summed E-state index contributed by atoms with van der Waals surface area (Å²) in [6, 6.07) is 0. The van der Waals surface area contributed by atoms with Crippen LogP contribution in [0.1, 0.15) is 19.8 Å². The van der Waals surface area contributed by atoms with Gasteiger partial charge in [-0.3, -0.25) is 0 Å². The van der Waals surface area contributed by atoms with Crippen molar-refractivity contribution in [3.8, 4) is 0 Å². The normalized spacial score (nSPS) is 36.9. The smallest absolute Gasteiger partial charge is 0.189 e. The fourth-order valence-electron chi connectivity index (χ4n) is 2.02. The minimum absolute atomic E-state index is 0.172. The van der Waals surface area contributed by atoms with Crippen molar-refractivity contribution < 1.29 is 39.7 Å². The molecular formula is C13H26O8. The van der Waals surface area contributed by atoms with Gasteiger partial charge in [0, 0.05) is 6.61 Å². The second-order valence-corrected chi connectivity index (χ2v) is 5.15. The molecule has 0 aromatic carbocycles. The van der Waals surface area contributed by atoms with Crippen LogP contribution < -0.4 is 0 Å². The molecule has 1 saturated heterocycles. The maximum Gasteiger partial charge on any atom is 0.189 e. The summed E-state index contributed by atoms with van der Waals surface area (Å²) in [4.78, 5) is 0. The summed E-state index contributed by atoms with van der Waals surface area (Å²) in [5, 5.41) is 48.5. The number of aliphatic hydroxyl groups is 5. The highest BCUT2D eigenvalue weighted by Gasteiger charge is 2.54. The molecule has 0 radical (unpaired) electrons.